The molecule has 1 N–H and O–H groups in total. The SMILES string of the molecule is O=S(=O)(c1ccc(O)cc1)N1CCC2CCCCC21. The molecule has 1 saturated carbocycles. The average Bonchev–Trinajstić information content (AvgIpc) is 2.83. The smallest absolute Gasteiger partial charge is 0.243 e. The predicted molar refractivity (Wildman–Crippen MR) is 72.4 cm³/mol. The van der Waals surface area contributed by atoms with Crippen LogP contribution in [0.5, 0.6) is 5.75 Å². The molecule has 1 heterocycles. The fourth-order valence-corrected chi connectivity index (χ4v) is 5.15. The summed E-state index contributed by atoms with van der Waals surface area (Å²) >= 11 is 0. The second kappa shape index (κ2) is 4.80. The third kappa shape index (κ3) is 2.25. The third-order valence-corrected chi connectivity index (χ3v) is 6.34. The molecule has 19 heavy (non-hydrogen) atoms. The first-order chi connectivity index (χ1) is 9.09. The molecule has 5 heteroatoms. The number of nitrogens with zero attached hydrogens (tertiary/aromatic N) is 1. The molecule has 3 rings (SSSR count). The van der Waals surface area contributed by atoms with Crippen LogP contribution < -0.4 is 0 Å². The standard InChI is InChI=1S/C14H19NO3S/c16-12-5-7-13(8-6-12)19(17,18)15-10-9-11-3-1-2-4-14(11)15/h5-8,11,14,16H,1-4,9-10H2. The second-order valence-corrected chi connectivity index (χ2v) is 7.40. The lowest BCUT2D eigenvalue weighted by Gasteiger charge is -2.31. The van der Waals surface area contributed by atoms with Crippen molar-refractivity contribution in [1.29, 1.82) is 0 Å². The number of hydrogen-bond donors (Lipinski definition) is 1. The fraction of sp³-hybridized carbons (Fsp3) is 0.571. The molecule has 104 valence electrons. The highest BCUT2D eigenvalue weighted by Gasteiger charge is 2.42. The summed E-state index contributed by atoms with van der Waals surface area (Å²) in [4.78, 5) is 0.288. The van der Waals surface area contributed by atoms with Gasteiger partial charge in [-0.15, -0.1) is 0 Å². The predicted octanol–water partition coefficient (Wildman–Crippen LogP) is 2.35. The summed E-state index contributed by atoms with van der Waals surface area (Å²) in [6.45, 7) is 0.637. The zero-order chi connectivity index (χ0) is 13.5. The van der Waals surface area contributed by atoms with Gasteiger partial charge >= 0.3 is 0 Å². The van der Waals surface area contributed by atoms with Gasteiger partial charge in [0.15, 0.2) is 0 Å². The second-order valence-electron chi connectivity index (χ2n) is 5.51. The van der Waals surface area contributed by atoms with Gasteiger partial charge in [-0.25, -0.2) is 8.42 Å². The van der Waals surface area contributed by atoms with Gasteiger partial charge in [-0.1, -0.05) is 12.8 Å². The molecular weight excluding hydrogens is 262 g/mol. The van der Waals surface area contributed by atoms with Crippen molar-refractivity contribution in [2.24, 2.45) is 5.92 Å². The molecular formula is C14H19NO3S. The number of rotatable bonds is 2. The molecule has 1 saturated heterocycles. The van der Waals surface area contributed by atoms with Crippen LogP contribution in [0.4, 0.5) is 0 Å². The quantitative estimate of drug-likeness (QED) is 0.905. The minimum atomic E-state index is -3.40. The summed E-state index contributed by atoms with van der Waals surface area (Å²) in [6.07, 6.45) is 5.49. The summed E-state index contributed by atoms with van der Waals surface area (Å²) in [7, 11) is -3.40. The normalized spacial score (nSPS) is 28.2. The molecule has 2 atom stereocenters. The zero-order valence-electron chi connectivity index (χ0n) is 10.8. The van der Waals surface area contributed by atoms with Gasteiger partial charge in [0, 0.05) is 12.6 Å². The van der Waals surface area contributed by atoms with Gasteiger partial charge in [-0.2, -0.15) is 4.31 Å². The number of phenolic OH excluding ortho intramolecular Hbond substituents is 1. The van der Waals surface area contributed by atoms with Gasteiger partial charge < -0.3 is 5.11 Å². The Labute approximate surface area is 114 Å². The molecule has 0 amide bonds. The van der Waals surface area contributed by atoms with Gasteiger partial charge in [0.05, 0.1) is 4.90 Å². The van der Waals surface area contributed by atoms with Gasteiger partial charge in [-0.05, 0) is 49.4 Å². The number of hydrogen-bond acceptors (Lipinski definition) is 3. The van der Waals surface area contributed by atoms with Crippen LogP contribution in [0.2, 0.25) is 0 Å². The van der Waals surface area contributed by atoms with Crippen molar-refractivity contribution in [3.63, 3.8) is 0 Å². The molecule has 2 fully saturated rings. The van der Waals surface area contributed by atoms with E-state index >= 15 is 0 Å². The van der Waals surface area contributed by atoms with Crippen molar-refractivity contribution in [3.8, 4) is 5.75 Å². The highest BCUT2D eigenvalue weighted by atomic mass is 32.2. The fourth-order valence-electron chi connectivity index (χ4n) is 3.41. The maximum Gasteiger partial charge on any atom is 0.243 e. The van der Waals surface area contributed by atoms with E-state index in [9.17, 15) is 13.5 Å². The summed E-state index contributed by atoms with van der Waals surface area (Å²) in [5.74, 6) is 0.636. The largest absolute Gasteiger partial charge is 0.508 e. The molecule has 2 unspecified atom stereocenters. The van der Waals surface area contributed by atoms with E-state index in [1.165, 1.54) is 30.7 Å². The third-order valence-electron chi connectivity index (χ3n) is 4.40. The van der Waals surface area contributed by atoms with Crippen LogP contribution in [0.15, 0.2) is 29.2 Å². The van der Waals surface area contributed by atoms with E-state index in [-0.39, 0.29) is 16.7 Å². The Kier molecular flexibility index (Phi) is 3.27. The van der Waals surface area contributed by atoms with Crippen molar-refractivity contribution in [2.45, 2.75) is 43.0 Å². The molecule has 2 aliphatic rings. The molecule has 0 aromatic heterocycles. The Balaban J connectivity index is 1.90. The zero-order valence-corrected chi connectivity index (χ0v) is 11.6. The van der Waals surface area contributed by atoms with Crippen LogP contribution in [0, 0.1) is 5.92 Å². The molecule has 4 nitrogen and oxygen atoms in total. The Morgan fingerprint density at radius 3 is 2.47 bits per heavy atom. The molecule has 0 spiro atoms. The van der Waals surface area contributed by atoms with Crippen molar-refractivity contribution in [2.75, 3.05) is 6.54 Å². The van der Waals surface area contributed by atoms with E-state index < -0.39 is 10.0 Å². The van der Waals surface area contributed by atoms with Crippen LogP contribution in [0.1, 0.15) is 32.1 Å². The number of fused-ring (bicyclic) bond motifs is 1. The Bertz CT molecular complexity index is 553. The van der Waals surface area contributed by atoms with E-state index in [0.29, 0.717) is 12.5 Å². The highest BCUT2D eigenvalue weighted by Crippen LogP contribution is 2.39. The van der Waals surface area contributed by atoms with E-state index in [2.05, 4.69) is 0 Å². The first-order valence-electron chi connectivity index (χ1n) is 6.90. The van der Waals surface area contributed by atoms with Crippen LogP contribution in [0.3, 0.4) is 0 Å². The lowest BCUT2D eigenvalue weighted by Crippen LogP contribution is -2.39. The van der Waals surface area contributed by atoms with Crippen LogP contribution in [-0.4, -0.2) is 30.4 Å². The minimum Gasteiger partial charge on any atom is -0.508 e. The molecule has 0 radical (unpaired) electrons. The number of sulfonamides is 1. The average molecular weight is 281 g/mol. The van der Waals surface area contributed by atoms with E-state index in [1.54, 1.807) is 4.31 Å². The first kappa shape index (κ1) is 12.9. The highest BCUT2D eigenvalue weighted by molar-refractivity contribution is 7.89. The molecule has 1 aromatic carbocycles. The van der Waals surface area contributed by atoms with Crippen LogP contribution >= 0.6 is 0 Å². The lowest BCUT2D eigenvalue weighted by molar-refractivity contribution is 0.260. The van der Waals surface area contributed by atoms with Crippen molar-refractivity contribution in [3.05, 3.63) is 24.3 Å². The number of phenols is 1. The molecule has 0 bridgehead atoms. The summed E-state index contributed by atoms with van der Waals surface area (Å²) in [5, 5.41) is 9.27. The van der Waals surface area contributed by atoms with Crippen LogP contribution in [0.25, 0.3) is 0 Å². The monoisotopic (exact) mass is 281 g/mol. The molecule has 1 aliphatic heterocycles. The minimum absolute atomic E-state index is 0.0934. The van der Waals surface area contributed by atoms with Gasteiger partial charge in [0.25, 0.3) is 0 Å². The first-order valence-corrected chi connectivity index (χ1v) is 8.34. The number of aromatic hydroxyl groups is 1. The Hall–Kier alpha value is -1.07. The van der Waals surface area contributed by atoms with Gasteiger partial charge in [0.1, 0.15) is 5.75 Å². The topological polar surface area (TPSA) is 57.6 Å². The van der Waals surface area contributed by atoms with Crippen molar-refractivity contribution >= 4 is 10.0 Å². The van der Waals surface area contributed by atoms with E-state index in [4.69, 9.17) is 0 Å². The summed E-state index contributed by atoms with van der Waals surface area (Å²) < 4.78 is 27.0. The van der Waals surface area contributed by atoms with Crippen molar-refractivity contribution in [1.82, 2.24) is 4.31 Å². The van der Waals surface area contributed by atoms with Gasteiger partial charge in [0.2, 0.25) is 10.0 Å². The van der Waals surface area contributed by atoms with Crippen molar-refractivity contribution < 1.29 is 13.5 Å². The Morgan fingerprint density at radius 2 is 1.74 bits per heavy atom. The summed E-state index contributed by atoms with van der Waals surface area (Å²) in [6, 6.07) is 6.03. The maximum atomic E-state index is 12.6. The van der Waals surface area contributed by atoms with Crippen LogP contribution in [-0.2, 0) is 10.0 Å². The van der Waals surface area contributed by atoms with E-state index in [1.807, 2.05) is 0 Å². The van der Waals surface area contributed by atoms with E-state index in [0.717, 1.165) is 25.7 Å². The van der Waals surface area contributed by atoms with Gasteiger partial charge in [-0.3, -0.25) is 0 Å². The summed E-state index contributed by atoms with van der Waals surface area (Å²) in [5.41, 5.74) is 0. The Morgan fingerprint density at radius 1 is 1.05 bits per heavy atom. The maximum absolute atomic E-state index is 12.6. The lowest BCUT2D eigenvalue weighted by atomic mass is 9.86. The molecule has 1 aliphatic carbocycles. The number of benzene rings is 1. The molecule has 1 aromatic rings.